The highest BCUT2D eigenvalue weighted by molar-refractivity contribution is 5.44. The average molecular weight is 254 g/mol. The van der Waals surface area contributed by atoms with Crippen molar-refractivity contribution in [2.24, 2.45) is 5.73 Å². The third-order valence-corrected chi connectivity index (χ3v) is 3.48. The van der Waals surface area contributed by atoms with Gasteiger partial charge in [0, 0.05) is 25.3 Å². The van der Waals surface area contributed by atoms with E-state index in [1.807, 2.05) is 6.07 Å². The fourth-order valence-electron chi connectivity index (χ4n) is 2.12. The van der Waals surface area contributed by atoms with Crippen molar-refractivity contribution in [1.29, 1.82) is 0 Å². The summed E-state index contributed by atoms with van der Waals surface area (Å²) in [4.78, 5) is 2.24. The Labute approximate surface area is 115 Å². The molecule has 0 heterocycles. The zero-order valence-corrected chi connectivity index (χ0v) is 11.7. The van der Waals surface area contributed by atoms with Crippen LogP contribution in [0.5, 0.6) is 0 Å². The summed E-state index contributed by atoms with van der Waals surface area (Å²) in [5, 5.41) is 0. The predicted octanol–water partition coefficient (Wildman–Crippen LogP) is 3.52. The van der Waals surface area contributed by atoms with E-state index < -0.39 is 0 Å². The number of benzene rings is 2. The van der Waals surface area contributed by atoms with E-state index in [-0.39, 0.29) is 6.04 Å². The van der Waals surface area contributed by atoms with E-state index in [1.54, 1.807) is 0 Å². The molecule has 0 fully saturated rings. The molecular weight excluding hydrogens is 232 g/mol. The van der Waals surface area contributed by atoms with E-state index >= 15 is 0 Å². The van der Waals surface area contributed by atoms with Crippen LogP contribution in [-0.4, -0.2) is 13.6 Å². The van der Waals surface area contributed by atoms with E-state index in [0.29, 0.717) is 0 Å². The van der Waals surface area contributed by atoms with Gasteiger partial charge in [0.15, 0.2) is 0 Å². The fourth-order valence-corrected chi connectivity index (χ4v) is 2.12. The number of para-hydroxylation sites is 1. The SMILES string of the molecule is Cc1ccc(C(N)CCN(C)c2ccccc2)cc1. The lowest BCUT2D eigenvalue weighted by atomic mass is 10.0. The molecule has 0 spiro atoms. The second kappa shape index (κ2) is 6.39. The molecule has 0 aliphatic rings. The molecule has 0 aliphatic carbocycles. The number of aryl methyl sites for hydroxylation is 1. The molecule has 2 heteroatoms. The van der Waals surface area contributed by atoms with Gasteiger partial charge in [0.2, 0.25) is 0 Å². The Kier molecular flexibility index (Phi) is 4.58. The van der Waals surface area contributed by atoms with Crippen molar-refractivity contribution >= 4 is 5.69 Å². The summed E-state index contributed by atoms with van der Waals surface area (Å²) in [5.74, 6) is 0. The van der Waals surface area contributed by atoms with Gasteiger partial charge in [0.05, 0.1) is 0 Å². The topological polar surface area (TPSA) is 29.3 Å². The number of hydrogen-bond donors (Lipinski definition) is 1. The summed E-state index contributed by atoms with van der Waals surface area (Å²) >= 11 is 0. The summed E-state index contributed by atoms with van der Waals surface area (Å²) < 4.78 is 0. The summed E-state index contributed by atoms with van der Waals surface area (Å²) in [6.45, 7) is 3.05. The number of hydrogen-bond acceptors (Lipinski definition) is 2. The first kappa shape index (κ1) is 13.6. The molecule has 0 saturated heterocycles. The Morgan fingerprint density at radius 2 is 1.63 bits per heavy atom. The second-order valence-electron chi connectivity index (χ2n) is 5.06. The van der Waals surface area contributed by atoms with Crippen molar-refractivity contribution in [3.05, 3.63) is 65.7 Å². The van der Waals surface area contributed by atoms with E-state index in [2.05, 4.69) is 67.4 Å². The maximum absolute atomic E-state index is 6.24. The number of nitrogens with two attached hydrogens (primary N) is 1. The van der Waals surface area contributed by atoms with Crippen LogP contribution in [0.3, 0.4) is 0 Å². The zero-order valence-electron chi connectivity index (χ0n) is 11.7. The van der Waals surface area contributed by atoms with Crippen molar-refractivity contribution in [2.45, 2.75) is 19.4 Å². The molecule has 1 unspecified atom stereocenters. The van der Waals surface area contributed by atoms with Crippen LogP contribution >= 0.6 is 0 Å². The lowest BCUT2D eigenvalue weighted by Crippen LogP contribution is -2.23. The Hall–Kier alpha value is -1.80. The summed E-state index contributed by atoms with van der Waals surface area (Å²) in [6, 6.07) is 19.0. The van der Waals surface area contributed by atoms with Gasteiger partial charge in [0.25, 0.3) is 0 Å². The van der Waals surface area contributed by atoms with Gasteiger partial charge >= 0.3 is 0 Å². The van der Waals surface area contributed by atoms with Crippen LogP contribution in [0.2, 0.25) is 0 Å². The maximum Gasteiger partial charge on any atom is 0.0363 e. The summed E-state index contributed by atoms with van der Waals surface area (Å²) in [6.07, 6.45) is 0.953. The van der Waals surface area contributed by atoms with Crippen molar-refractivity contribution in [3.63, 3.8) is 0 Å². The number of anilines is 1. The Bertz CT molecular complexity index is 490. The summed E-state index contributed by atoms with van der Waals surface area (Å²) in [7, 11) is 2.11. The van der Waals surface area contributed by atoms with Crippen molar-refractivity contribution in [2.75, 3.05) is 18.5 Å². The van der Waals surface area contributed by atoms with E-state index in [4.69, 9.17) is 5.73 Å². The van der Waals surface area contributed by atoms with Crippen LogP contribution in [0.25, 0.3) is 0 Å². The molecule has 0 bridgehead atoms. The average Bonchev–Trinajstić information content (AvgIpc) is 2.46. The molecule has 1 atom stereocenters. The van der Waals surface area contributed by atoms with Crippen molar-refractivity contribution < 1.29 is 0 Å². The molecule has 2 N–H and O–H groups in total. The molecule has 19 heavy (non-hydrogen) atoms. The molecule has 2 aromatic rings. The smallest absolute Gasteiger partial charge is 0.0363 e. The largest absolute Gasteiger partial charge is 0.375 e. The monoisotopic (exact) mass is 254 g/mol. The van der Waals surface area contributed by atoms with Crippen LogP contribution in [0, 0.1) is 6.92 Å². The lowest BCUT2D eigenvalue weighted by molar-refractivity contribution is 0.645. The van der Waals surface area contributed by atoms with E-state index in [1.165, 1.54) is 16.8 Å². The van der Waals surface area contributed by atoms with Gasteiger partial charge < -0.3 is 10.6 Å². The van der Waals surface area contributed by atoms with Crippen LogP contribution in [0.1, 0.15) is 23.6 Å². The first-order chi connectivity index (χ1) is 9.16. The highest BCUT2D eigenvalue weighted by Crippen LogP contribution is 2.17. The van der Waals surface area contributed by atoms with Gasteiger partial charge in [0.1, 0.15) is 0 Å². The van der Waals surface area contributed by atoms with Gasteiger partial charge in [-0.25, -0.2) is 0 Å². The van der Waals surface area contributed by atoms with E-state index in [9.17, 15) is 0 Å². The predicted molar refractivity (Wildman–Crippen MR) is 82.4 cm³/mol. The third-order valence-electron chi connectivity index (χ3n) is 3.48. The summed E-state index contributed by atoms with van der Waals surface area (Å²) in [5.41, 5.74) is 9.97. The van der Waals surface area contributed by atoms with Gasteiger partial charge in [-0.05, 0) is 31.0 Å². The minimum absolute atomic E-state index is 0.103. The van der Waals surface area contributed by atoms with Gasteiger partial charge in [-0.2, -0.15) is 0 Å². The fraction of sp³-hybridized carbons (Fsp3) is 0.294. The highest BCUT2D eigenvalue weighted by Gasteiger charge is 2.07. The van der Waals surface area contributed by atoms with Gasteiger partial charge in [-0.15, -0.1) is 0 Å². The third kappa shape index (κ3) is 3.83. The van der Waals surface area contributed by atoms with Gasteiger partial charge in [-0.1, -0.05) is 48.0 Å². The molecule has 100 valence electrons. The zero-order chi connectivity index (χ0) is 13.7. The standard InChI is InChI=1S/C17H22N2/c1-14-8-10-15(11-9-14)17(18)12-13-19(2)16-6-4-3-5-7-16/h3-11,17H,12-13,18H2,1-2H3. The minimum Gasteiger partial charge on any atom is -0.375 e. The molecule has 0 aromatic heterocycles. The molecule has 0 saturated carbocycles. The van der Waals surface area contributed by atoms with Crippen LogP contribution in [-0.2, 0) is 0 Å². The minimum atomic E-state index is 0.103. The van der Waals surface area contributed by atoms with Crippen LogP contribution in [0.4, 0.5) is 5.69 Å². The highest BCUT2D eigenvalue weighted by atomic mass is 15.1. The molecule has 0 aliphatic heterocycles. The first-order valence-corrected chi connectivity index (χ1v) is 6.75. The van der Waals surface area contributed by atoms with Gasteiger partial charge in [-0.3, -0.25) is 0 Å². The quantitative estimate of drug-likeness (QED) is 0.884. The normalized spacial score (nSPS) is 12.2. The van der Waals surface area contributed by atoms with Crippen LogP contribution < -0.4 is 10.6 Å². The number of nitrogens with zero attached hydrogens (tertiary/aromatic N) is 1. The molecule has 2 nitrogen and oxygen atoms in total. The lowest BCUT2D eigenvalue weighted by Gasteiger charge is -2.21. The molecule has 0 radical (unpaired) electrons. The van der Waals surface area contributed by atoms with Crippen molar-refractivity contribution in [1.82, 2.24) is 0 Å². The van der Waals surface area contributed by atoms with Crippen LogP contribution in [0.15, 0.2) is 54.6 Å². The maximum atomic E-state index is 6.24. The Balaban J connectivity index is 1.90. The van der Waals surface area contributed by atoms with Crippen molar-refractivity contribution in [3.8, 4) is 0 Å². The molecule has 2 aromatic carbocycles. The molecule has 2 rings (SSSR count). The second-order valence-corrected chi connectivity index (χ2v) is 5.06. The Morgan fingerprint density at radius 1 is 1.00 bits per heavy atom. The first-order valence-electron chi connectivity index (χ1n) is 6.75. The number of rotatable bonds is 5. The van der Waals surface area contributed by atoms with E-state index in [0.717, 1.165) is 13.0 Å². The Morgan fingerprint density at radius 3 is 2.26 bits per heavy atom. The molecular formula is C17H22N2. The molecule has 0 amide bonds.